The summed E-state index contributed by atoms with van der Waals surface area (Å²) in [5.41, 5.74) is 3.65. The lowest BCUT2D eigenvalue weighted by Gasteiger charge is -2.31. The number of hydrogen-bond donors (Lipinski definition) is 2. The van der Waals surface area contributed by atoms with Gasteiger partial charge in [-0.25, -0.2) is 4.39 Å². The van der Waals surface area contributed by atoms with Crippen molar-refractivity contribution < 1.29 is 40.9 Å². The molecular formula is C28H28F6N4O3. The summed E-state index contributed by atoms with van der Waals surface area (Å²) in [6.45, 7) is 2.27. The fraction of sp³-hybridized carbons (Fsp3) is 0.250. The summed E-state index contributed by atoms with van der Waals surface area (Å²) in [6, 6.07) is 15.3. The van der Waals surface area contributed by atoms with E-state index in [9.17, 15) is 40.9 Å². The number of hydrogen-bond acceptors (Lipinski definition) is 5. The van der Waals surface area contributed by atoms with Gasteiger partial charge in [0.15, 0.2) is 0 Å². The van der Waals surface area contributed by atoms with Crippen molar-refractivity contribution >= 4 is 29.5 Å². The Morgan fingerprint density at radius 1 is 0.878 bits per heavy atom. The summed E-state index contributed by atoms with van der Waals surface area (Å²) in [7, 11) is 1.50. The molecule has 0 aromatic heterocycles. The second kappa shape index (κ2) is 13.9. The monoisotopic (exact) mass is 582 g/mol. The number of halogens is 6. The molecule has 0 spiro atoms. The Morgan fingerprint density at radius 2 is 1.44 bits per heavy atom. The van der Waals surface area contributed by atoms with E-state index in [0.717, 1.165) is 4.90 Å². The van der Waals surface area contributed by atoms with Crippen molar-refractivity contribution in [3.05, 3.63) is 94.5 Å². The Hall–Kier alpha value is -4.23. The summed E-state index contributed by atoms with van der Waals surface area (Å²) >= 11 is 0. The number of anilines is 2. The van der Waals surface area contributed by atoms with E-state index in [1.54, 1.807) is 30.3 Å². The zero-order valence-electron chi connectivity index (χ0n) is 22.3. The number of nitrogens with one attached hydrogen (secondary N) is 1. The number of carbonyl (C=O) groups excluding carboxylic acids is 3. The zero-order chi connectivity index (χ0) is 31.0. The van der Waals surface area contributed by atoms with Gasteiger partial charge in [-0.3, -0.25) is 9.59 Å². The Kier molecular flexibility index (Phi) is 11.2. The molecule has 0 heterocycles. The number of amides is 2. The van der Waals surface area contributed by atoms with Gasteiger partial charge in [-0.1, -0.05) is 33.2 Å². The van der Waals surface area contributed by atoms with Gasteiger partial charge in [0, 0.05) is 41.0 Å². The third-order valence-electron chi connectivity index (χ3n) is 5.87. The van der Waals surface area contributed by atoms with Crippen molar-refractivity contribution in [1.82, 2.24) is 5.34 Å². The number of aryl methyl sites for hydroxylation is 2. The lowest BCUT2D eigenvalue weighted by atomic mass is 9.96. The van der Waals surface area contributed by atoms with Gasteiger partial charge >= 0.3 is 12.0 Å². The van der Waals surface area contributed by atoms with Crippen LogP contribution in [0.4, 0.5) is 37.9 Å². The maximum Gasteiger partial charge on any atom is 0.446 e. The molecule has 0 aliphatic heterocycles. The fourth-order valence-corrected chi connectivity index (χ4v) is 4.11. The summed E-state index contributed by atoms with van der Waals surface area (Å²) < 4.78 is 80.8. The molecule has 1 atom stereocenters. The van der Waals surface area contributed by atoms with Gasteiger partial charge in [0.1, 0.15) is 6.29 Å². The van der Waals surface area contributed by atoms with E-state index in [-0.39, 0.29) is 41.0 Å². The highest BCUT2D eigenvalue weighted by Gasteiger charge is 2.64. The molecule has 3 aromatic carbocycles. The minimum Gasteiger partial charge on any atom is -0.333 e. The lowest BCUT2D eigenvalue weighted by Crippen LogP contribution is -2.46. The van der Waals surface area contributed by atoms with Crippen molar-refractivity contribution in [2.45, 2.75) is 32.2 Å². The topological polar surface area (TPSA) is 95.7 Å². The molecular weight excluding hydrogens is 554 g/mol. The standard InChI is InChI=1S/C27H23F6N3O3.CH5N/c1-17-14-21(26(28,36(32)33)27(29,30)31)15-18(2)23(17)35(12-7-13-37)25(39)20-10-6-11-22(16-20)34-24(38)19-8-4-3-5-9-19;1-2/h3-6,8-11,13-16H,7,12H2,1-2H3,(H,34,38);2H2,1H3. The highest BCUT2D eigenvalue weighted by atomic mass is 19.4. The molecule has 3 rings (SSSR count). The van der Waals surface area contributed by atoms with E-state index >= 15 is 0 Å². The predicted molar refractivity (Wildman–Crippen MR) is 142 cm³/mol. The van der Waals surface area contributed by atoms with E-state index in [4.69, 9.17) is 0 Å². The largest absolute Gasteiger partial charge is 0.446 e. The molecule has 7 nitrogen and oxygen atoms in total. The van der Waals surface area contributed by atoms with Crippen LogP contribution in [0.25, 0.3) is 0 Å². The average molecular weight is 583 g/mol. The van der Waals surface area contributed by atoms with Crippen LogP contribution in [0.5, 0.6) is 0 Å². The Bertz CT molecular complexity index is 1350. The molecule has 220 valence electrons. The highest BCUT2D eigenvalue weighted by molar-refractivity contribution is 6.09. The van der Waals surface area contributed by atoms with Crippen LogP contribution >= 0.6 is 0 Å². The van der Waals surface area contributed by atoms with Crippen molar-refractivity contribution in [2.75, 3.05) is 23.8 Å². The molecule has 0 bridgehead atoms. The fourth-order valence-electron chi connectivity index (χ4n) is 4.11. The molecule has 0 saturated heterocycles. The molecule has 3 N–H and O–H groups in total. The van der Waals surface area contributed by atoms with E-state index in [2.05, 4.69) is 11.1 Å². The second-order valence-corrected chi connectivity index (χ2v) is 8.62. The minimum absolute atomic E-state index is 0.0260. The van der Waals surface area contributed by atoms with Crippen LogP contribution in [0.1, 0.15) is 43.8 Å². The van der Waals surface area contributed by atoms with Gasteiger partial charge < -0.3 is 20.7 Å². The second-order valence-electron chi connectivity index (χ2n) is 8.62. The van der Waals surface area contributed by atoms with E-state index in [1.165, 1.54) is 45.2 Å². The average Bonchev–Trinajstić information content (AvgIpc) is 2.94. The number of rotatable bonds is 9. The zero-order valence-corrected chi connectivity index (χ0v) is 22.3. The highest BCUT2D eigenvalue weighted by Crippen LogP contribution is 2.47. The number of benzene rings is 3. The summed E-state index contributed by atoms with van der Waals surface area (Å²) in [5.74, 6) is -6.20. The first-order valence-corrected chi connectivity index (χ1v) is 12.1. The van der Waals surface area contributed by atoms with Crippen LogP contribution in [-0.2, 0) is 10.6 Å². The quantitative estimate of drug-likeness (QED) is 0.137. The molecule has 1 unspecified atom stereocenters. The van der Waals surface area contributed by atoms with Gasteiger partial charge in [0.2, 0.25) is 0 Å². The molecule has 3 aromatic rings. The number of nitrogens with two attached hydrogens (primary N) is 1. The van der Waals surface area contributed by atoms with Crippen molar-refractivity contribution in [3.63, 3.8) is 0 Å². The van der Waals surface area contributed by atoms with Gasteiger partial charge in [-0.15, -0.1) is 0 Å². The van der Waals surface area contributed by atoms with E-state index in [0.29, 0.717) is 24.0 Å². The van der Waals surface area contributed by atoms with Gasteiger partial charge in [-0.2, -0.15) is 13.2 Å². The van der Waals surface area contributed by atoms with Crippen LogP contribution in [-0.4, -0.2) is 43.2 Å². The Labute approximate surface area is 232 Å². The Balaban J connectivity index is 0.00000287. The third-order valence-corrected chi connectivity index (χ3v) is 5.87. The van der Waals surface area contributed by atoms with Crippen molar-refractivity contribution in [3.8, 4) is 0 Å². The Morgan fingerprint density at radius 3 is 1.95 bits per heavy atom. The van der Waals surface area contributed by atoms with Crippen LogP contribution in [0.2, 0.25) is 0 Å². The van der Waals surface area contributed by atoms with Crippen LogP contribution in [0.3, 0.4) is 0 Å². The summed E-state index contributed by atoms with van der Waals surface area (Å²) in [6.07, 6.45) is -5.60. The van der Waals surface area contributed by atoms with Crippen molar-refractivity contribution in [2.24, 2.45) is 5.73 Å². The first kappa shape index (κ1) is 33.0. The normalized spacial score (nSPS) is 12.6. The maximum absolute atomic E-state index is 14.6. The van der Waals surface area contributed by atoms with E-state index in [1.807, 2.05) is 0 Å². The number of nitrogens with zero attached hydrogens (tertiary/aromatic N) is 2. The van der Waals surface area contributed by atoms with Gasteiger partial charge in [0.05, 0.1) is 5.34 Å². The molecule has 0 aliphatic carbocycles. The summed E-state index contributed by atoms with van der Waals surface area (Å²) in [4.78, 5) is 38.2. The number of alkyl halides is 4. The van der Waals surface area contributed by atoms with Crippen LogP contribution < -0.4 is 16.0 Å². The molecule has 2 amide bonds. The maximum atomic E-state index is 14.6. The summed E-state index contributed by atoms with van der Waals surface area (Å²) in [5, 5.41) is 0.107. The number of aldehydes is 1. The van der Waals surface area contributed by atoms with Crippen LogP contribution in [0.15, 0.2) is 66.7 Å². The predicted octanol–water partition coefficient (Wildman–Crippen LogP) is 6.12. The SMILES string of the molecule is CN.Cc1cc(C(F)(N(F)F)C(F)(F)F)cc(C)c1N(CCC=O)C(=O)c1cccc(NC(=O)c2ccccc2)c1. The third kappa shape index (κ3) is 7.30. The first-order valence-electron chi connectivity index (χ1n) is 12.1. The molecule has 0 fully saturated rings. The van der Waals surface area contributed by atoms with Gasteiger partial charge in [-0.05, 0) is 74.5 Å². The molecule has 0 radical (unpaired) electrons. The van der Waals surface area contributed by atoms with E-state index < -0.39 is 34.7 Å². The van der Waals surface area contributed by atoms with Gasteiger partial charge in [0.25, 0.3) is 11.8 Å². The molecule has 13 heteroatoms. The first-order chi connectivity index (χ1) is 19.3. The molecule has 0 aliphatic rings. The molecule has 41 heavy (non-hydrogen) atoms. The van der Waals surface area contributed by atoms with Crippen molar-refractivity contribution in [1.29, 1.82) is 0 Å². The number of carbonyl (C=O) groups is 3. The minimum atomic E-state index is -5.96. The smallest absolute Gasteiger partial charge is 0.333 e. The molecule has 0 saturated carbocycles. The van der Waals surface area contributed by atoms with Crippen LogP contribution in [0, 0.1) is 13.8 Å². The lowest BCUT2D eigenvalue weighted by molar-refractivity contribution is -0.388.